The Hall–Kier alpha value is -1.97. The number of nitrogens with one attached hydrogen (secondary N) is 2. The molecule has 0 atom stereocenters. The number of hydrogen-bond donors (Lipinski definition) is 2. The average Bonchev–Trinajstić information content (AvgIpc) is 2.99. The maximum Gasteiger partial charge on any atom is 0.279 e. The van der Waals surface area contributed by atoms with Crippen molar-refractivity contribution in [3.05, 3.63) is 42.0 Å². The standard InChI is InChI=1S/C12H17N5O3S/c1-17(8-10-4-3-5-11(6-10)20-2)21(18,19)15-7-12-13-9-14-16-12/h3-6,9,15H,7-8H2,1-2H3,(H,13,14,16). The molecule has 0 bridgehead atoms. The van der Waals surface area contributed by atoms with E-state index in [4.69, 9.17) is 4.74 Å². The van der Waals surface area contributed by atoms with Crippen molar-refractivity contribution in [1.29, 1.82) is 0 Å². The summed E-state index contributed by atoms with van der Waals surface area (Å²) in [6.07, 6.45) is 1.32. The highest BCUT2D eigenvalue weighted by molar-refractivity contribution is 7.87. The first-order valence-corrected chi connectivity index (χ1v) is 7.63. The van der Waals surface area contributed by atoms with Gasteiger partial charge in [0, 0.05) is 13.6 Å². The zero-order valence-corrected chi connectivity index (χ0v) is 12.6. The van der Waals surface area contributed by atoms with Crippen molar-refractivity contribution in [2.75, 3.05) is 14.2 Å². The third-order valence-corrected chi connectivity index (χ3v) is 4.30. The number of methoxy groups -OCH3 is 1. The van der Waals surface area contributed by atoms with Crippen molar-refractivity contribution in [3.8, 4) is 5.75 Å². The molecule has 8 nitrogen and oxygen atoms in total. The highest BCUT2D eigenvalue weighted by atomic mass is 32.2. The fraction of sp³-hybridized carbons (Fsp3) is 0.333. The van der Waals surface area contributed by atoms with Crippen LogP contribution in [0.25, 0.3) is 0 Å². The van der Waals surface area contributed by atoms with Crippen LogP contribution in [0, 0.1) is 0 Å². The second-order valence-electron chi connectivity index (χ2n) is 4.37. The van der Waals surface area contributed by atoms with Crippen LogP contribution in [0.5, 0.6) is 5.75 Å². The van der Waals surface area contributed by atoms with Crippen molar-refractivity contribution < 1.29 is 13.2 Å². The monoisotopic (exact) mass is 311 g/mol. The summed E-state index contributed by atoms with van der Waals surface area (Å²) in [6, 6.07) is 7.25. The SMILES string of the molecule is COc1cccc(CN(C)S(=O)(=O)NCc2ncn[nH]2)c1. The quantitative estimate of drug-likeness (QED) is 0.765. The van der Waals surface area contributed by atoms with Crippen LogP contribution in [0.1, 0.15) is 11.4 Å². The van der Waals surface area contributed by atoms with Gasteiger partial charge in [-0.2, -0.15) is 22.5 Å². The van der Waals surface area contributed by atoms with Crippen LogP contribution in [0.2, 0.25) is 0 Å². The number of aromatic amines is 1. The second kappa shape index (κ2) is 6.66. The van der Waals surface area contributed by atoms with Gasteiger partial charge in [-0.05, 0) is 17.7 Å². The van der Waals surface area contributed by atoms with Gasteiger partial charge in [0.15, 0.2) is 0 Å². The summed E-state index contributed by atoms with van der Waals surface area (Å²) in [5.74, 6) is 1.14. The average molecular weight is 311 g/mol. The summed E-state index contributed by atoms with van der Waals surface area (Å²) in [7, 11) is -0.529. The normalized spacial score (nSPS) is 11.8. The summed E-state index contributed by atoms with van der Waals surface area (Å²) in [5.41, 5.74) is 0.835. The Morgan fingerprint density at radius 2 is 2.24 bits per heavy atom. The van der Waals surface area contributed by atoms with E-state index in [1.807, 2.05) is 12.1 Å². The molecule has 0 amide bonds. The molecule has 0 fully saturated rings. The molecule has 21 heavy (non-hydrogen) atoms. The van der Waals surface area contributed by atoms with E-state index in [1.165, 1.54) is 17.7 Å². The van der Waals surface area contributed by atoms with Gasteiger partial charge in [0.25, 0.3) is 10.2 Å². The summed E-state index contributed by atoms with van der Waals surface area (Å²) in [6.45, 7) is 0.299. The molecule has 0 unspecified atom stereocenters. The van der Waals surface area contributed by atoms with E-state index in [2.05, 4.69) is 19.9 Å². The molecule has 2 aromatic rings. The number of rotatable bonds is 7. The minimum Gasteiger partial charge on any atom is -0.497 e. The van der Waals surface area contributed by atoms with Gasteiger partial charge in [-0.15, -0.1) is 0 Å². The first-order chi connectivity index (χ1) is 10.0. The molecule has 0 aliphatic carbocycles. The number of nitrogens with zero attached hydrogens (tertiary/aromatic N) is 3. The minimum atomic E-state index is -3.60. The Balaban J connectivity index is 1.98. The molecule has 114 valence electrons. The zero-order chi connectivity index (χ0) is 15.3. The largest absolute Gasteiger partial charge is 0.497 e. The molecular weight excluding hydrogens is 294 g/mol. The highest BCUT2D eigenvalue weighted by Crippen LogP contribution is 2.14. The molecule has 1 heterocycles. The van der Waals surface area contributed by atoms with E-state index in [1.54, 1.807) is 19.2 Å². The van der Waals surface area contributed by atoms with Gasteiger partial charge >= 0.3 is 0 Å². The number of aromatic nitrogens is 3. The van der Waals surface area contributed by atoms with E-state index >= 15 is 0 Å². The minimum absolute atomic E-state index is 0.0603. The summed E-state index contributed by atoms with van der Waals surface area (Å²) in [4.78, 5) is 3.86. The Bertz CT molecular complexity index is 672. The Kier molecular flexibility index (Phi) is 4.89. The smallest absolute Gasteiger partial charge is 0.279 e. The maximum atomic E-state index is 12.1. The van der Waals surface area contributed by atoms with Gasteiger partial charge < -0.3 is 4.74 Å². The number of hydrogen-bond acceptors (Lipinski definition) is 5. The van der Waals surface area contributed by atoms with Crippen LogP contribution in [0.3, 0.4) is 0 Å². The Morgan fingerprint density at radius 1 is 1.43 bits per heavy atom. The molecule has 0 aliphatic heterocycles. The van der Waals surface area contributed by atoms with E-state index in [9.17, 15) is 8.42 Å². The van der Waals surface area contributed by atoms with Crippen LogP contribution in [0.15, 0.2) is 30.6 Å². The van der Waals surface area contributed by atoms with Gasteiger partial charge in [0.2, 0.25) is 0 Å². The first kappa shape index (κ1) is 15.4. The van der Waals surface area contributed by atoms with Gasteiger partial charge in [-0.3, -0.25) is 5.10 Å². The third kappa shape index (κ3) is 4.25. The van der Waals surface area contributed by atoms with E-state index in [0.29, 0.717) is 11.6 Å². The third-order valence-electron chi connectivity index (χ3n) is 2.84. The molecule has 2 N–H and O–H groups in total. The van der Waals surface area contributed by atoms with Crippen molar-refractivity contribution >= 4 is 10.2 Å². The molecule has 0 saturated carbocycles. The summed E-state index contributed by atoms with van der Waals surface area (Å²) in [5, 5.41) is 6.25. The summed E-state index contributed by atoms with van der Waals surface area (Å²) < 4.78 is 33.0. The van der Waals surface area contributed by atoms with Crippen molar-refractivity contribution in [2.24, 2.45) is 0 Å². The zero-order valence-electron chi connectivity index (χ0n) is 11.8. The lowest BCUT2D eigenvalue weighted by Crippen LogP contribution is -2.37. The van der Waals surface area contributed by atoms with E-state index in [0.717, 1.165) is 5.56 Å². The van der Waals surface area contributed by atoms with Crippen LogP contribution >= 0.6 is 0 Å². The number of benzene rings is 1. The van der Waals surface area contributed by atoms with Crippen molar-refractivity contribution in [1.82, 2.24) is 24.2 Å². The number of H-pyrrole nitrogens is 1. The van der Waals surface area contributed by atoms with Crippen molar-refractivity contribution in [2.45, 2.75) is 13.1 Å². The molecule has 1 aromatic heterocycles. The molecular formula is C12H17N5O3S. The van der Waals surface area contributed by atoms with E-state index < -0.39 is 10.2 Å². The van der Waals surface area contributed by atoms with Crippen LogP contribution in [0.4, 0.5) is 0 Å². The highest BCUT2D eigenvalue weighted by Gasteiger charge is 2.18. The van der Waals surface area contributed by atoms with Gasteiger partial charge in [-0.25, -0.2) is 4.98 Å². The topological polar surface area (TPSA) is 100 Å². The predicted octanol–water partition coefficient (Wildman–Crippen LogP) is 0.280. The van der Waals surface area contributed by atoms with Crippen LogP contribution in [-0.2, 0) is 23.3 Å². The maximum absolute atomic E-state index is 12.1. The lowest BCUT2D eigenvalue weighted by molar-refractivity contribution is 0.412. The van der Waals surface area contributed by atoms with Crippen LogP contribution in [-0.4, -0.2) is 42.1 Å². The van der Waals surface area contributed by atoms with Gasteiger partial charge in [0.1, 0.15) is 17.9 Å². The fourth-order valence-electron chi connectivity index (χ4n) is 1.70. The lowest BCUT2D eigenvalue weighted by Gasteiger charge is -2.17. The second-order valence-corrected chi connectivity index (χ2v) is 6.23. The molecule has 1 aromatic carbocycles. The molecule has 0 aliphatic rings. The van der Waals surface area contributed by atoms with Gasteiger partial charge in [-0.1, -0.05) is 12.1 Å². The molecule has 0 spiro atoms. The summed E-state index contributed by atoms with van der Waals surface area (Å²) >= 11 is 0. The Labute approximate surface area is 123 Å². The van der Waals surface area contributed by atoms with Crippen molar-refractivity contribution in [3.63, 3.8) is 0 Å². The number of ether oxygens (including phenoxy) is 1. The van der Waals surface area contributed by atoms with Gasteiger partial charge in [0.05, 0.1) is 13.7 Å². The molecule has 0 saturated heterocycles. The first-order valence-electron chi connectivity index (χ1n) is 6.19. The van der Waals surface area contributed by atoms with Crippen LogP contribution < -0.4 is 9.46 Å². The predicted molar refractivity (Wildman–Crippen MR) is 76.6 cm³/mol. The molecule has 0 radical (unpaired) electrons. The molecule has 9 heteroatoms. The lowest BCUT2D eigenvalue weighted by atomic mass is 10.2. The molecule has 2 rings (SSSR count). The van der Waals surface area contributed by atoms with E-state index in [-0.39, 0.29) is 13.1 Å². The Morgan fingerprint density at radius 3 is 2.90 bits per heavy atom. The fourth-order valence-corrected chi connectivity index (χ4v) is 2.56.